The highest BCUT2D eigenvalue weighted by atomic mass is 35.5. The molecule has 0 aliphatic carbocycles. The predicted octanol–water partition coefficient (Wildman–Crippen LogP) is 1.54. The van der Waals surface area contributed by atoms with Gasteiger partial charge in [-0.1, -0.05) is 11.6 Å². The van der Waals surface area contributed by atoms with Crippen LogP contribution >= 0.6 is 11.6 Å². The first kappa shape index (κ1) is 10.5. The van der Waals surface area contributed by atoms with Crippen molar-refractivity contribution in [1.29, 1.82) is 0 Å². The monoisotopic (exact) mass is 227 g/mol. The molecule has 1 fully saturated rings. The minimum absolute atomic E-state index is 0.223. The second kappa shape index (κ2) is 4.24. The van der Waals surface area contributed by atoms with E-state index in [1.165, 1.54) is 0 Å². The van der Waals surface area contributed by atoms with E-state index in [2.05, 4.69) is 9.88 Å². The highest BCUT2D eigenvalue weighted by Gasteiger charge is 2.18. The highest BCUT2D eigenvalue weighted by Crippen LogP contribution is 2.21. The molecular weight excluding hydrogens is 214 g/mol. The molecule has 0 radical (unpaired) electrons. The van der Waals surface area contributed by atoms with Gasteiger partial charge in [0.15, 0.2) is 0 Å². The third kappa shape index (κ3) is 2.52. The molecular formula is C10H14ClN3O. The van der Waals surface area contributed by atoms with E-state index in [9.17, 15) is 0 Å². The summed E-state index contributed by atoms with van der Waals surface area (Å²) < 4.78 is 5.46. The van der Waals surface area contributed by atoms with Crippen LogP contribution in [-0.4, -0.2) is 30.8 Å². The van der Waals surface area contributed by atoms with Gasteiger partial charge in [0.25, 0.3) is 0 Å². The summed E-state index contributed by atoms with van der Waals surface area (Å²) in [6, 6.07) is 3.48. The number of hydrogen-bond donors (Lipinski definition) is 1. The quantitative estimate of drug-likeness (QED) is 0.740. The van der Waals surface area contributed by atoms with E-state index < -0.39 is 0 Å². The number of morpholine rings is 1. The van der Waals surface area contributed by atoms with Gasteiger partial charge < -0.3 is 15.4 Å². The highest BCUT2D eigenvalue weighted by molar-refractivity contribution is 6.29. The second-order valence-electron chi connectivity index (χ2n) is 3.71. The van der Waals surface area contributed by atoms with E-state index in [0.717, 1.165) is 25.5 Å². The Hall–Kier alpha value is -1.00. The number of rotatable bonds is 1. The smallest absolute Gasteiger partial charge is 0.133 e. The van der Waals surface area contributed by atoms with Crippen LogP contribution in [0.4, 0.5) is 11.5 Å². The Morgan fingerprint density at radius 2 is 2.40 bits per heavy atom. The van der Waals surface area contributed by atoms with Gasteiger partial charge in [-0.3, -0.25) is 0 Å². The zero-order chi connectivity index (χ0) is 10.8. The number of ether oxygens (including phenoxy) is 1. The van der Waals surface area contributed by atoms with Crippen molar-refractivity contribution >= 4 is 23.1 Å². The molecule has 1 atom stereocenters. The summed E-state index contributed by atoms with van der Waals surface area (Å²) in [7, 11) is 0. The standard InChI is InChI=1S/C10H14ClN3O/c1-7-6-14(2-3-15-7)10-5-8(12)4-9(11)13-10/h4-5,7H,2-3,6H2,1H3,(H2,12,13). The SMILES string of the molecule is CC1CN(c2cc(N)cc(Cl)n2)CCO1. The molecule has 82 valence electrons. The fourth-order valence-electron chi connectivity index (χ4n) is 1.69. The molecule has 0 aromatic carbocycles. The van der Waals surface area contributed by atoms with Crippen LogP contribution in [0.15, 0.2) is 12.1 Å². The molecule has 2 N–H and O–H groups in total. The van der Waals surface area contributed by atoms with E-state index in [-0.39, 0.29) is 6.10 Å². The topological polar surface area (TPSA) is 51.4 Å². The molecule has 4 nitrogen and oxygen atoms in total. The number of nitrogens with two attached hydrogens (primary N) is 1. The Morgan fingerprint density at radius 3 is 3.07 bits per heavy atom. The Morgan fingerprint density at radius 1 is 1.60 bits per heavy atom. The number of aromatic nitrogens is 1. The first-order chi connectivity index (χ1) is 7.15. The van der Waals surface area contributed by atoms with Gasteiger partial charge in [-0.25, -0.2) is 4.98 Å². The van der Waals surface area contributed by atoms with E-state index in [0.29, 0.717) is 10.8 Å². The molecule has 1 aromatic rings. The van der Waals surface area contributed by atoms with Crippen LogP contribution in [0.2, 0.25) is 5.15 Å². The van der Waals surface area contributed by atoms with Crippen molar-refractivity contribution in [2.24, 2.45) is 0 Å². The maximum atomic E-state index is 5.86. The van der Waals surface area contributed by atoms with E-state index in [4.69, 9.17) is 22.1 Å². The predicted molar refractivity (Wildman–Crippen MR) is 61.3 cm³/mol. The van der Waals surface area contributed by atoms with Crippen LogP contribution < -0.4 is 10.6 Å². The van der Waals surface area contributed by atoms with Crippen molar-refractivity contribution in [3.05, 3.63) is 17.3 Å². The lowest BCUT2D eigenvalue weighted by molar-refractivity contribution is 0.0529. The fraction of sp³-hybridized carbons (Fsp3) is 0.500. The zero-order valence-electron chi connectivity index (χ0n) is 8.61. The number of halogens is 1. The molecule has 1 aromatic heterocycles. The Bertz CT molecular complexity index is 338. The van der Waals surface area contributed by atoms with Crippen molar-refractivity contribution in [2.75, 3.05) is 30.3 Å². The Balaban J connectivity index is 2.20. The molecule has 0 spiro atoms. The molecule has 1 aliphatic rings. The molecule has 1 aliphatic heterocycles. The number of anilines is 2. The van der Waals surface area contributed by atoms with Gasteiger partial charge in [0.1, 0.15) is 11.0 Å². The van der Waals surface area contributed by atoms with E-state index in [1.54, 1.807) is 6.07 Å². The summed E-state index contributed by atoms with van der Waals surface area (Å²) in [4.78, 5) is 6.38. The number of pyridine rings is 1. The summed E-state index contributed by atoms with van der Waals surface area (Å²) in [5.74, 6) is 0.829. The van der Waals surface area contributed by atoms with Crippen molar-refractivity contribution < 1.29 is 4.74 Å². The van der Waals surface area contributed by atoms with E-state index >= 15 is 0 Å². The molecule has 5 heteroatoms. The zero-order valence-corrected chi connectivity index (χ0v) is 9.37. The number of nitrogen functional groups attached to an aromatic ring is 1. The molecule has 1 unspecified atom stereocenters. The van der Waals surface area contributed by atoms with Crippen molar-refractivity contribution in [2.45, 2.75) is 13.0 Å². The van der Waals surface area contributed by atoms with Crippen LogP contribution in [0.1, 0.15) is 6.92 Å². The van der Waals surface area contributed by atoms with Crippen molar-refractivity contribution in [3.63, 3.8) is 0 Å². The van der Waals surface area contributed by atoms with Gasteiger partial charge in [0.05, 0.1) is 12.7 Å². The third-order valence-corrected chi connectivity index (χ3v) is 2.56. The van der Waals surface area contributed by atoms with E-state index in [1.807, 2.05) is 13.0 Å². The largest absolute Gasteiger partial charge is 0.399 e. The van der Waals surface area contributed by atoms with Crippen LogP contribution in [0.5, 0.6) is 0 Å². The lowest BCUT2D eigenvalue weighted by Gasteiger charge is -2.32. The molecule has 0 bridgehead atoms. The molecule has 0 saturated carbocycles. The van der Waals surface area contributed by atoms with Gasteiger partial charge in [-0.2, -0.15) is 0 Å². The summed E-state index contributed by atoms with van der Waals surface area (Å²) in [5, 5.41) is 0.434. The third-order valence-electron chi connectivity index (χ3n) is 2.37. The second-order valence-corrected chi connectivity index (χ2v) is 4.10. The minimum atomic E-state index is 0.223. The van der Waals surface area contributed by atoms with Crippen molar-refractivity contribution in [3.8, 4) is 0 Å². The van der Waals surface area contributed by atoms with Crippen LogP contribution in [0, 0.1) is 0 Å². The summed E-state index contributed by atoms with van der Waals surface area (Å²) >= 11 is 5.86. The van der Waals surface area contributed by atoms with Gasteiger partial charge in [-0.05, 0) is 13.0 Å². The van der Waals surface area contributed by atoms with Gasteiger partial charge >= 0.3 is 0 Å². The number of nitrogens with zero attached hydrogens (tertiary/aromatic N) is 2. The maximum absolute atomic E-state index is 5.86. The molecule has 2 rings (SSSR count). The Kier molecular flexibility index (Phi) is 2.98. The molecule has 1 saturated heterocycles. The molecule has 2 heterocycles. The molecule has 15 heavy (non-hydrogen) atoms. The first-order valence-electron chi connectivity index (χ1n) is 4.95. The van der Waals surface area contributed by atoms with Crippen LogP contribution in [-0.2, 0) is 4.74 Å². The van der Waals surface area contributed by atoms with Gasteiger partial charge in [0.2, 0.25) is 0 Å². The van der Waals surface area contributed by atoms with Crippen molar-refractivity contribution in [1.82, 2.24) is 4.98 Å². The first-order valence-corrected chi connectivity index (χ1v) is 5.32. The van der Waals surface area contributed by atoms with Gasteiger partial charge in [0, 0.05) is 24.8 Å². The average molecular weight is 228 g/mol. The van der Waals surface area contributed by atoms with Crippen LogP contribution in [0.3, 0.4) is 0 Å². The molecule has 0 amide bonds. The van der Waals surface area contributed by atoms with Crippen LogP contribution in [0.25, 0.3) is 0 Å². The lowest BCUT2D eigenvalue weighted by Crippen LogP contribution is -2.41. The summed E-state index contributed by atoms with van der Waals surface area (Å²) in [6.07, 6.45) is 0.223. The normalized spacial score (nSPS) is 21.7. The summed E-state index contributed by atoms with van der Waals surface area (Å²) in [5.41, 5.74) is 6.36. The lowest BCUT2D eigenvalue weighted by atomic mass is 10.3. The number of hydrogen-bond acceptors (Lipinski definition) is 4. The summed E-state index contributed by atoms with van der Waals surface area (Å²) in [6.45, 7) is 4.42. The maximum Gasteiger partial charge on any atom is 0.133 e. The minimum Gasteiger partial charge on any atom is -0.399 e. The fourth-order valence-corrected chi connectivity index (χ4v) is 1.90. The average Bonchev–Trinajstić information content (AvgIpc) is 2.16. The Labute approximate surface area is 94.0 Å². The van der Waals surface area contributed by atoms with Gasteiger partial charge in [-0.15, -0.1) is 0 Å².